The summed E-state index contributed by atoms with van der Waals surface area (Å²) in [5.74, 6) is 0.231. The molecular formula is C20H29ClN4O4. The number of amides is 1. The van der Waals surface area contributed by atoms with E-state index in [4.69, 9.17) is 31.3 Å². The summed E-state index contributed by atoms with van der Waals surface area (Å²) < 4.78 is 16.1. The third-order valence-electron chi connectivity index (χ3n) is 4.85. The van der Waals surface area contributed by atoms with E-state index >= 15 is 0 Å². The molecule has 0 aliphatic heterocycles. The normalized spacial score (nSPS) is 18.4. The molecule has 1 aromatic carbocycles. The zero-order valence-electron chi connectivity index (χ0n) is 16.6. The van der Waals surface area contributed by atoms with Gasteiger partial charge in [-0.05, 0) is 35.9 Å². The molecule has 1 aromatic rings. The van der Waals surface area contributed by atoms with E-state index in [0.29, 0.717) is 52.7 Å². The lowest BCUT2D eigenvalue weighted by atomic mass is 9.88. The fourth-order valence-electron chi connectivity index (χ4n) is 3.49. The van der Waals surface area contributed by atoms with Crippen LogP contribution in [0, 0.1) is 5.92 Å². The van der Waals surface area contributed by atoms with E-state index in [0.717, 1.165) is 29.8 Å². The number of halogens is 1. The quantitative estimate of drug-likeness (QED) is 0.212. The number of carbonyl (C=O) groups excluding carboxylic acids is 1. The Morgan fingerprint density at radius 3 is 2.52 bits per heavy atom. The van der Waals surface area contributed by atoms with Gasteiger partial charge in [0, 0.05) is 28.9 Å². The van der Waals surface area contributed by atoms with Crippen LogP contribution in [0.3, 0.4) is 0 Å². The molecule has 1 amide bonds. The lowest BCUT2D eigenvalue weighted by Gasteiger charge is -2.20. The molecule has 1 aliphatic carbocycles. The lowest BCUT2D eigenvalue weighted by Crippen LogP contribution is -2.34. The molecule has 2 atom stereocenters. The van der Waals surface area contributed by atoms with Crippen LogP contribution in [0.4, 0.5) is 0 Å². The minimum Gasteiger partial charge on any atom is -0.379 e. The van der Waals surface area contributed by atoms with Crippen LogP contribution in [0.25, 0.3) is 10.4 Å². The molecule has 0 spiro atoms. The van der Waals surface area contributed by atoms with Crippen LogP contribution in [-0.4, -0.2) is 58.6 Å². The predicted octanol–water partition coefficient (Wildman–Crippen LogP) is 3.70. The fraction of sp³-hybridized carbons (Fsp3) is 0.650. The summed E-state index contributed by atoms with van der Waals surface area (Å²) in [5, 5.41) is 7.08. The van der Waals surface area contributed by atoms with Gasteiger partial charge in [0.1, 0.15) is 0 Å². The number of ether oxygens (including phenoxy) is 3. The van der Waals surface area contributed by atoms with Gasteiger partial charge in [-0.2, -0.15) is 0 Å². The molecule has 0 radical (unpaired) electrons. The van der Waals surface area contributed by atoms with Gasteiger partial charge in [0.05, 0.1) is 39.6 Å². The molecule has 160 valence electrons. The third-order valence-corrected chi connectivity index (χ3v) is 5.19. The Kier molecular flexibility index (Phi) is 11.5. The summed E-state index contributed by atoms with van der Waals surface area (Å²) in [4.78, 5) is 15.2. The average molecular weight is 425 g/mol. The van der Waals surface area contributed by atoms with Crippen molar-refractivity contribution in [3.05, 3.63) is 45.3 Å². The molecule has 9 heteroatoms. The molecule has 8 nitrogen and oxygen atoms in total. The van der Waals surface area contributed by atoms with Gasteiger partial charge in [-0.1, -0.05) is 41.3 Å². The highest BCUT2D eigenvalue weighted by molar-refractivity contribution is 6.31. The van der Waals surface area contributed by atoms with E-state index in [-0.39, 0.29) is 17.7 Å². The Bertz CT molecular complexity index is 670. The molecule has 0 bridgehead atoms. The van der Waals surface area contributed by atoms with Crippen molar-refractivity contribution in [2.45, 2.75) is 25.2 Å². The first-order chi connectivity index (χ1) is 14.2. The molecule has 0 heterocycles. The number of hydrogen-bond donors (Lipinski definition) is 1. The highest BCUT2D eigenvalue weighted by atomic mass is 35.5. The third kappa shape index (κ3) is 8.60. The SMILES string of the molecule is [N-]=[N+]=NCCOCCOCCOCCNC(=O)C1CCCC1c1ccccc1Cl. The number of nitrogens with zero attached hydrogens (tertiary/aromatic N) is 3. The zero-order valence-corrected chi connectivity index (χ0v) is 17.4. The number of rotatable bonds is 14. The molecule has 1 fully saturated rings. The minimum atomic E-state index is -0.0305. The van der Waals surface area contributed by atoms with Gasteiger partial charge in [0.2, 0.25) is 5.91 Å². The van der Waals surface area contributed by atoms with Crippen LogP contribution in [0.1, 0.15) is 30.7 Å². The van der Waals surface area contributed by atoms with Crippen molar-refractivity contribution in [2.24, 2.45) is 11.0 Å². The highest BCUT2D eigenvalue weighted by Crippen LogP contribution is 2.42. The number of carbonyl (C=O) groups is 1. The highest BCUT2D eigenvalue weighted by Gasteiger charge is 2.34. The summed E-state index contributed by atoms with van der Waals surface area (Å²) in [7, 11) is 0. The Hall–Kier alpha value is -1.83. The maximum Gasteiger partial charge on any atom is 0.223 e. The van der Waals surface area contributed by atoms with Gasteiger partial charge in [-0.25, -0.2) is 0 Å². The van der Waals surface area contributed by atoms with Crippen LogP contribution >= 0.6 is 11.6 Å². The van der Waals surface area contributed by atoms with Crippen LogP contribution in [0.2, 0.25) is 5.02 Å². The monoisotopic (exact) mass is 424 g/mol. The van der Waals surface area contributed by atoms with E-state index < -0.39 is 0 Å². The molecule has 29 heavy (non-hydrogen) atoms. The van der Waals surface area contributed by atoms with E-state index in [1.807, 2.05) is 24.3 Å². The van der Waals surface area contributed by atoms with Crippen molar-refractivity contribution in [1.82, 2.24) is 5.32 Å². The second-order valence-electron chi connectivity index (χ2n) is 6.75. The second-order valence-corrected chi connectivity index (χ2v) is 7.16. The smallest absolute Gasteiger partial charge is 0.223 e. The van der Waals surface area contributed by atoms with Gasteiger partial charge in [0.15, 0.2) is 0 Å². The molecule has 2 unspecified atom stereocenters. The van der Waals surface area contributed by atoms with Gasteiger partial charge < -0.3 is 19.5 Å². The van der Waals surface area contributed by atoms with Crippen molar-refractivity contribution in [2.75, 3.05) is 52.7 Å². The van der Waals surface area contributed by atoms with E-state index in [1.165, 1.54) is 0 Å². The number of hydrogen-bond acceptors (Lipinski definition) is 5. The van der Waals surface area contributed by atoms with Crippen LogP contribution in [0.15, 0.2) is 29.4 Å². The average Bonchev–Trinajstić information content (AvgIpc) is 3.21. The van der Waals surface area contributed by atoms with Gasteiger partial charge >= 0.3 is 0 Å². The minimum absolute atomic E-state index is 0.0305. The van der Waals surface area contributed by atoms with Crippen LogP contribution < -0.4 is 5.32 Å². The molecule has 1 aliphatic rings. The number of benzene rings is 1. The Balaban J connectivity index is 1.51. The maximum atomic E-state index is 12.6. The largest absolute Gasteiger partial charge is 0.379 e. The molecule has 0 saturated heterocycles. The Labute approximate surface area is 176 Å². The topological polar surface area (TPSA) is 106 Å². The first-order valence-electron chi connectivity index (χ1n) is 10.00. The molecular weight excluding hydrogens is 396 g/mol. The molecule has 2 rings (SSSR count). The summed E-state index contributed by atoms with van der Waals surface area (Å²) >= 11 is 6.32. The zero-order chi connectivity index (χ0) is 20.7. The van der Waals surface area contributed by atoms with Crippen LogP contribution in [-0.2, 0) is 19.0 Å². The molecule has 1 N–H and O–H groups in total. The maximum absolute atomic E-state index is 12.6. The van der Waals surface area contributed by atoms with Gasteiger partial charge in [-0.3, -0.25) is 4.79 Å². The van der Waals surface area contributed by atoms with E-state index in [9.17, 15) is 4.79 Å². The summed E-state index contributed by atoms with van der Waals surface area (Å²) in [6, 6.07) is 7.79. The van der Waals surface area contributed by atoms with Gasteiger partial charge in [0.25, 0.3) is 0 Å². The van der Waals surface area contributed by atoms with Crippen molar-refractivity contribution in [3.8, 4) is 0 Å². The van der Waals surface area contributed by atoms with Crippen molar-refractivity contribution in [1.29, 1.82) is 0 Å². The summed E-state index contributed by atoms with van der Waals surface area (Å²) in [6.45, 7) is 3.47. The lowest BCUT2D eigenvalue weighted by molar-refractivity contribution is -0.125. The Morgan fingerprint density at radius 2 is 1.79 bits per heavy atom. The first kappa shape index (κ1) is 23.4. The van der Waals surface area contributed by atoms with Crippen molar-refractivity contribution in [3.63, 3.8) is 0 Å². The molecule has 1 saturated carbocycles. The van der Waals surface area contributed by atoms with E-state index in [2.05, 4.69) is 15.3 Å². The van der Waals surface area contributed by atoms with Crippen molar-refractivity contribution >= 4 is 17.5 Å². The number of nitrogens with one attached hydrogen (secondary N) is 1. The summed E-state index contributed by atoms with van der Waals surface area (Å²) in [5.41, 5.74) is 9.19. The second kappa shape index (κ2) is 14.2. The number of azide groups is 1. The fourth-order valence-corrected chi connectivity index (χ4v) is 3.77. The first-order valence-corrected chi connectivity index (χ1v) is 10.4. The van der Waals surface area contributed by atoms with Crippen LogP contribution in [0.5, 0.6) is 0 Å². The Morgan fingerprint density at radius 1 is 1.10 bits per heavy atom. The van der Waals surface area contributed by atoms with Crippen molar-refractivity contribution < 1.29 is 19.0 Å². The van der Waals surface area contributed by atoms with Gasteiger partial charge in [-0.15, -0.1) is 0 Å². The standard InChI is InChI=1S/C20H29ClN4O4/c21-19-7-2-1-4-17(19)16-5-3-6-18(16)20(26)23-8-10-27-12-14-29-15-13-28-11-9-24-25-22/h1-2,4,7,16,18H,3,5-6,8-15H2,(H,23,26). The predicted molar refractivity (Wildman–Crippen MR) is 111 cm³/mol. The molecule has 0 aromatic heterocycles. The summed E-state index contributed by atoms with van der Waals surface area (Å²) in [6.07, 6.45) is 2.92. The van der Waals surface area contributed by atoms with E-state index in [1.54, 1.807) is 0 Å².